The van der Waals surface area contributed by atoms with Crippen LogP contribution in [0.3, 0.4) is 0 Å². The Labute approximate surface area is 129 Å². The quantitative estimate of drug-likeness (QED) is 0.787. The highest BCUT2D eigenvalue weighted by Gasteiger charge is 2.16. The first-order chi connectivity index (χ1) is 10.8. The van der Waals surface area contributed by atoms with Crippen molar-refractivity contribution in [2.45, 2.75) is 12.6 Å². The predicted octanol–water partition coefficient (Wildman–Crippen LogP) is 3.02. The van der Waals surface area contributed by atoms with Crippen molar-refractivity contribution in [2.75, 3.05) is 7.11 Å². The Morgan fingerprint density at radius 3 is 2.73 bits per heavy atom. The average molecular weight is 294 g/mol. The number of imidazole rings is 1. The third-order valence-corrected chi connectivity index (χ3v) is 3.60. The van der Waals surface area contributed by atoms with Gasteiger partial charge in [-0.15, -0.1) is 0 Å². The average Bonchev–Trinajstić information content (AvgIpc) is 3.03. The van der Waals surface area contributed by atoms with E-state index in [2.05, 4.69) is 17.1 Å². The van der Waals surface area contributed by atoms with E-state index in [1.54, 1.807) is 13.3 Å². The summed E-state index contributed by atoms with van der Waals surface area (Å²) in [5, 5.41) is 10.6. The second-order valence-corrected chi connectivity index (χ2v) is 5.08. The molecule has 0 aliphatic rings. The minimum absolute atomic E-state index is 0.622. The van der Waals surface area contributed by atoms with Gasteiger partial charge < -0.3 is 14.4 Å². The Hall–Kier alpha value is -2.59. The molecule has 0 aliphatic carbocycles. The monoisotopic (exact) mass is 294 g/mol. The summed E-state index contributed by atoms with van der Waals surface area (Å²) in [6.07, 6.45) is 2.81. The van der Waals surface area contributed by atoms with Crippen LogP contribution >= 0.6 is 0 Å². The van der Waals surface area contributed by atoms with Crippen molar-refractivity contribution in [3.8, 4) is 5.75 Å². The van der Waals surface area contributed by atoms with Gasteiger partial charge in [-0.05, 0) is 23.3 Å². The Bertz CT molecular complexity index is 738. The largest absolute Gasteiger partial charge is 0.497 e. The number of rotatable bonds is 5. The number of hydrogen-bond acceptors (Lipinski definition) is 3. The Kier molecular flexibility index (Phi) is 4.21. The van der Waals surface area contributed by atoms with Crippen LogP contribution in [0, 0.1) is 0 Å². The molecule has 22 heavy (non-hydrogen) atoms. The number of ether oxygens (including phenoxy) is 1. The molecule has 0 saturated carbocycles. The Balaban J connectivity index is 1.87. The third-order valence-electron chi connectivity index (χ3n) is 3.60. The molecular formula is C18H18N2O2. The molecule has 1 heterocycles. The zero-order valence-corrected chi connectivity index (χ0v) is 12.4. The van der Waals surface area contributed by atoms with Crippen LogP contribution in [0.5, 0.6) is 5.75 Å². The molecule has 0 fully saturated rings. The summed E-state index contributed by atoms with van der Waals surface area (Å²) in [4.78, 5) is 4.32. The summed E-state index contributed by atoms with van der Waals surface area (Å²) in [5.74, 6) is 1.34. The minimum Gasteiger partial charge on any atom is -0.497 e. The molecule has 1 N–H and O–H groups in total. The smallest absolute Gasteiger partial charge is 0.142 e. The maximum Gasteiger partial charge on any atom is 0.142 e. The Morgan fingerprint density at radius 1 is 1.14 bits per heavy atom. The van der Waals surface area contributed by atoms with E-state index >= 15 is 0 Å². The van der Waals surface area contributed by atoms with Gasteiger partial charge in [0.2, 0.25) is 0 Å². The van der Waals surface area contributed by atoms with E-state index in [-0.39, 0.29) is 0 Å². The van der Waals surface area contributed by atoms with Crippen molar-refractivity contribution in [1.82, 2.24) is 9.55 Å². The van der Waals surface area contributed by atoms with Gasteiger partial charge in [-0.2, -0.15) is 0 Å². The highest BCUT2D eigenvalue weighted by Crippen LogP contribution is 2.24. The SMILES string of the molecule is COc1cccc(C(O)c2nccn2Cc2ccccc2)c1. The van der Waals surface area contributed by atoms with Crippen molar-refractivity contribution in [3.63, 3.8) is 0 Å². The summed E-state index contributed by atoms with van der Waals surface area (Å²) in [5.41, 5.74) is 1.93. The van der Waals surface area contributed by atoms with Crippen molar-refractivity contribution in [3.05, 3.63) is 83.9 Å². The normalized spacial score (nSPS) is 12.1. The second-order valence-electron chi connectivity index (χ2n) is 5.08. The highest BCUT2D eigenvalue weighted by atomic mass is 16.5. The number of aromatic nitrogens is 2. The topological polar surface area (TPSA) is 47.3 Å². The molecule has 0 radical (unpaired) electrons. The molecule has 0 bridgehead atoms. The fourth-order valence-corrected chi connectivity index (χ4v) is 2.44. The number of nitrogens with zero attached hydrogens (tertiary/aromatic N) is 2. The fourth-order valence-electron chi connectivity index (χ4n) is 2.44. The molecule has 1 unspecified atom stereocenters. The minimum atomic E-state index is -0.784. The second kappa shape index (κ2) is 6.45. The van der Waals surface area contributed by atoms with Gasteiger partial charge in [0.05, 0.1) is 7.11 Å². The number of hydrogen-bond donors (Lipinski definition) is 1. The lowest BCUT2D eigenvalue weighted by Crippen LogP contribution is -2.10. The van der Waals surface area contributed by atoms with Gasteiger partial charge in [-0.3, -0.25) is 0 Å². The molecule has 112 valence electrons. The van der Waals surface area contributed by atoms with Crippen molar-refractivity contribution >= 4 is 0 Å². The van der Waals surface area contributed by atoms with E-state index in [0.717, 1.165) is 11.3 Å². The summed E-state index contributed by atoms with van der Waals surface area (Å²) >= 11 is 0. The summed E-state index contributed by atoms with van der Waals surface area (Å²) in [6.45, 7) is 0.678. The van der Waals surface area contributed by atoms with Gasteiger partial charge in [0.25, 0.3) is 0 Å². The van der Waals surface area contributed by atoms with Crippen molar-refractivity contribution in [1.29, 1.82) is 0 Å². The first kappa shape index (κ1) is 14.4. The van der Waals surface area contributed by atoms with Crippen LogP contribution in [0.4, 0.5) is 0 Å². The van der Waals surface area contributed by atoms with E-state index in [1.807, 2.05) is 53.2 Å². The van der Waals surface area contributed by atoms with Crippen LogP contribution in [-0.4, -0.2) is 21.8 Å². The van der Waals surface area contributed by atoms with Gasteiger partial charge in [-0.25, -0.2) is 4.98 Å². The number of benzene rings is 2. The molecule has 0 saturated heterocycles. The van der Waals surface area contributed by atoms with Crippen LogP contribution in [0.25, 0.3) is 0 Å². The lowest BCUT2D eigenvalue weighted by atomic mass is 10.1. The van der Waals surface area contributed by atoms with Crippen LogP contribution < -0.4 is 4.74 Å². The summed E-state index contributed by atoms with van der Waals surface area (Å²) in [6, 6.07) is 17.5. The standard InChI is InChI=1S/C18H18N2O2/c1-22-16-9-5-8-15(12-16)17(21)18-19-10-11-20(18)13-14-6-3-2-4-7-14/h2-12,17,21H,13H2,1H3. The molecule has 0 spiro atoms. The summed E-state index contributed by atoms with van der Waals surface area (Å²) in [7, 11) is 1.61. The molecule has 4 nitrogen and oxygen atoms in total. The number of aliphatic hydroxyl groups is 1. The lowest BCUT2D eigenvalue weighted by Gasteiger charge is -2.14. The van der Waals surface area contributed by atoms with Crippen LogP contribution in [0.2, 0.25) is 0 Å². The van der Waals surface area contributed by atoms with E-state index in [1.165, 1.54) is 5.56 Å². The predicted molar refractivity (Wildman–Crippen MR) is 84.8 cm³/mol. The molecule has 3 aromatic rings. The van der Waals surface area contributed by atoms with Crippen LogP contribution in [-0.2, 0) is 6.54 Å². The molecule has 4 heteroatoms. The first-order valence-electron chi connectivity index (χ1n) is 7.15. The van der Waals surface area contributed by atoms with Gasteiger partial charge in [0, 0.05) is 18.9 Å². The van der Waals surface area contributed by atoms with Gasteiger partial charge in [-0.1, -0.05) is 42.5 Å². The molecule has 1 atom stereocenters. The third kappa shape index (κ3) is 3.02. The van der Waals surface area contributed by atoms with Gasteiger partial charge in [0.15, 0.2) is 0 Å². The molecule has 2 aromatic carbocycles. The van der Waals surface area contributed by atoms with Crippen molar-refractivity contribution < 1.29 is 9.84 Å². The first-order valence-corrected chi connectivity index (χ1v) is 7.15. The van der Waals surface area contributed by atoms with E-state index in [9.17, 15) is 5.11 Å². The van der Waals surface area contributed by atoms with E-state index in [4.69, 9.17) is 4.74 Å². The number of methoxy groups -OCH3 is 1. The Morgan fingerprint density at radius 2 is 1.95 bits per heavy atom. The number of aliphatic hydroxyl groups excluding tert-OH is 1. The van der Waals surface area contributed by atoms with Crippen molar-refractivity contribution in [2.24, 2.45) is 0 Å². The van der Waals surface area contributed by atoms with Crippen LogP contribution in [0.1, 0.15) is 23.1 Å². The molecule has 0 amide bonds. The molecule has 0 aliphatic heterocycles. The summed E-state index contributed by atoms with van der Waals surface area (Å²) < 4.78 is 7.17. The highest BCUT2D eigenvalue weighted by molar-refractivity contribution is 5.32. The zero-order valence-electron chi connectivity index (χ0n) is 12.4. The van der Waals surface area contributed by atoms with Gasteiger partial charge >= 0.3 is 0 Å². The van der Waals surface area contributed by atoms with Gasteiger partial charge in [0.1, 0.15) is 17.7 Å². The lowest BCUT2D eigenvalue weighted by molar-refractivity contribution is 0.205. The molecule has 3 rings (SSSR count). The van der Waals surface area contributed by atoms with E-state index in [0.29, 0.717) is 12.4 Å². The molecular weight excluding hydrogens is 276 g/mol. The van der Waals surface area contributed by atoms with E-state index < -0.39 is 6.10 Å². The zero-order chi connectivity index (χ0) is 15.4. The maximum absolute atomic E-state index is 10.6. The maximum atomic E-state index is 10.6. The fraction of sp³-hybridized carbons (Fsp3) is 0.167. The van der Waals surface area contributed by atoms with Crippen LogP contribution in [0.15, 0.2) is 67.0 Å². The molecule has 1 aromatic heterocycles.